The number of fused-ring (bicyclic) bond motifs is 1. The van der Waals surface area contributed by atoms with E-state index in [1.165, 1.54) is 19.4 Å². The van der Waals surface area contributed by atoms with Crippen LogP contribution in [0.2, 0.25) is 0 Å². The van der Waals surface area contributed by atoms with Crippen LogP contribution in [0.1, 0.15) is 11.6 Å². The molecule has 1 atom stereocenters. The summed E-state index contributed by atoms with van der Waals surface area (Å²) in [5, 5.41) is 0.694. The Labute approximate surface area is 145 Å². The van der Waals surface area contributed by atoms with E-state index in [0.717, 1.165) is 0 Å². The molecule has 0 bridgehead atoms. The molecule has 0 saturated heterocycles. The average Bonchev–Trinajstić information content (AvgIpc) is 2.65. The van der Waals surface area contributed by atoms with Crippen LogP contribution in [0.5, 0.6) is 0 Å². The first-order valence-electron chi connectivity index (χ1n) is 7.52. The number of esters is 1. The Hall–Kier alpha value is -2.77. The number of sulfonamides is 1. The number of nitrogens with zero attached hydrogens (tertiary/aromatic N) is 1. The molecule has 0 aliphatic carbocycles. The van der Waals surface area contributed by atoms with Crippen LogP contribution in [-0.4, -0.2) is 26.5 Å². The van der Waals surface area contributed by atoms with Gasteiger partial charge in [0.1, 0.15) is 10.9 Å². The van der Waals surface area contributed by atoms with Crippen LogP contribution in [0.4, 0.5) is 0 Å². The third-order valence-corrected chi connectivity index (χ3v) is 5.18. The summed E-state index contributed by atoms with van der Waals surface area (Å²) < 4.78 is 33.0. The third kappa shape index (κ3) is 3.52. The lowest BCUT2D eigenvalue weighted by Gasteiger charge is -2.17. The molecule has 2 aromatic carbocycles. The van der Waals surface area contributed by atoms with Gasteiger partial charge in [0.15, 0.2) is 0 Å². The molecule has 3 rings (SSSR count). The van der Waals surface area contributed by atoms with Crippen LogP contribution < -0.4 is 4.72 Å². The molecule has 1 aromatic heterocycles. The van der Waals surface area contributed by atoms with Gasteiger partial charge in [0.2, 0.25) is 10.0 Å². The summed E-state index contributed by atoms with van der Waals surface area (Å²) in [4.78, 5) is 16.3. The average molecular weight is 356 g/mol. The van der Waals surface area contributed by atoms with Crippen molar-refractivity contribution in [1.82, 2.24) is 9.71 Å². The smallest absolute Gasteiger partial charge is 0.328 e. The number of benzene rings is 2. The standard InChI is InChI=1S/C18H16N2O4S/c1-24-18(21)17(14-7-3-2-4-8-14)20-25(22,23)15-11-5-9-13-10-6-12-19-16(13)15/h2-12,17,20H,1H3. The molecule has 7 heteroatoms. The minimum absolute atomic E-state index is 0.00966. The van der Waals surface area contributed by atoms with Gasteiger partial charge in [-0.05, 0) is 17.7 Å². The van der Waals surface area contributed by atoms with Crippen molar-refractivity contribution in [3.8, 4) is 0 Å². The van der Waals surface area contributed by atoms with Gasteiger partial charge >= 0.3 is 5.97 Å². The van der Waals surface area contributed by atoms with E-state index >= 15 is 0 Å². The van der Waals surface area contributed by atoms with Crippen molar-refractivity contribution in [3.63, 3.8) is 0 Å². The van der Waals surface area contributed by atoms with Gasteiger partial charge in [-0.25, -0.2) is 13.2 Å². The Morgan fingerprint density at radius 3 is 2.48 bits per heavy atom. The van der Waals surface area contributed by atoms with Crippen molar-refractivity contribution in [3.05, 3.63) is 72.4 Å². The molecular weight excluding hydrogens is 340 g/mol. The zero-order valence-electron chi connectivity index (χ0n) is 13.4. The van der Waals surface area contributed by atoms with Gasteiger partial charge in [-0.3, -0.25) is 4.98 Å². The van der Waals surface area contributed by atoms with Gasteiger partial charge in [0, 0.05) is 11.6 Å². The molecule has 1 heterocycles. The molecule has 1 unspecified atom stereocenters. The summed E-state index contributed by atoms with van der Waals surface area (Å²) in [5.74, 6) is -0.692. The maximum absolute atomic E-state index is 12.9. The molecular formula is C18H16N2O4S. The number of methoxy groups -OCH3 is 1. The summed E-state index contributed by atoms with van der Waals surface area (Å²) in [6, 6.07) is 15.8. The molecule has 0 radical (unpaired) electrons. The second-order valence-electron chi connectivity index (χ2n) is 5.32. The second-order valence-corrected chi connectivity index (χ2v) is 7.00. The fourth-order valence-electron chi connectivity index (χ4n) is 2.53. The highest BCUT2D eigenvalue weighted by molar-refractivity contribution is 7.89. The van der Waals surface area contributed by atoms with Gasteiger partial charge in [0.05, 0.1) is 12.6 Å². The first kappa shape index (κ1) is 17.1. The van der Waals surface area contributed by atoms with E-state index in [0.29, 0.717) is 16.5 Å². The largest absolute Gasteiger partial charge is 0.468 e. The Balaban J connectivity index is 2.05. The van der Waals surface area contributed by atoms with Gasteiger partial charge in [-0.1, -0.05) is 48.5 Å². The maximum Gasteiger partial charge on any atom is 0.328 e. The van der Waals surface area contributed by atoms with E-state index in [1.807, 2.05) is 0 Å². The summed E-state index contributed by atoms with van der Waals surface area (Å²) in [6.45, 7) is 0. The van der Waals surface area contributed by atoms with E-state index in [-0.39, 0.29) is 4.90 Å². The monoisotopic (exact) mass is 356 g/mol. The highest BCUT2D eigenvalue weighted by Crippen LogP contribution is 2.23. The highest BCUT2D eigenvalue weighted by Gasteiger charge is 2.29. The van der Waals surface area contributed by atoms with Gasteiger partial charge in [-0.15, -0.1) is 0 Å². The molecule has 6 nitrogen and oxygen atoms in total. The lowest BCUT2D eigenvalue weighted by atomic mass is 10.1. The van der Waals surface area contributed by atoms with E-state index in [9.17, 15) is 13.2 Å². The SMILES string of the molecule is COC(=O)C(NS(=O)(=O)c1cccc2cccnc12)c1ccccc1. The van der Waals surface area contributed by atoms with Crippen LogP contribution >= 0.6 is 0 Å². The molecule has 3 aromatic rings. The van der Waals surface area contributed by atoms with E-state index < -0.39 is 22.0 Å². The zero-order valence-corrected chi connectivity index (χ0v) is 14.2. The Kier molecular flexibility index (Phi) is 4.78. The van der Waals surface area contributed by atoms with Crippen LogP contribution in [0, 0.1) is 0 Å². The quantitative estimate of drug-likeness (QED) is 0.710. The highest BCUT2D eigenvalue weighted by atomic mass is 32.2. The number of carbonyl (C=O) groups is 1. The van der Waals surface area contributed by atoms with E-state index in [1.54, 1.807) is 54.6 Å². The first-order chi connectivity index (χ1) is 12.0. The van der Waals surface area contributed by atoms with Gasteiger partial charge in [-0.2, -0.15) is 4.72 Å². The van der Waals surface area contributed by atoms with E-state index in [4.69, 9.17) is 4.74 Å². The number of hydrogen-bond donors (Lipinski definition) is 1. The maximum atomic E-state index is 12.9. The fourth-order valence-corrected chi connectivity index (χ4v) is 3.88. The molecule has 0 spiro atoms. The molecule has 0 amide bonds. The summed E-state index contributed by atoms with van der Waals surface area (Å²) in [6.07, 6.45) is 1.52. The molecule has 0 aliphatic rings. The van der Waals surface area contributed by atoms with Crippen molar-refractivity contribution in [2.24, 2.45) is 0 Å². The predicted octanol–water partition coefficient (Wildman–Crippen LogP) is 2.43. The predicted molar refractivity (Wildman–Crippen MR) is 93.3 cm³/mol. The number of carbonyl (C=O) groups excluding carboxylic acids is 1. The van der Waals surface area contributed by atoms with Crippen LogP contribution in [0.15, 0.2) is 71.8 Å². The number of ether oxygens (including phenoxy) is 1. The van der Waals surface area contributed by atoms with Crippen LogP contribution in [0.3, 0.4) is 0 Å². The number of aromatic nitrogens is 1. The summed E-state index contributed by atoms with van der Waals surface area (Å²) in [7, 11) is -2.79. The third-order valence-electron chi connectivity index (χ3n) is 3.73. The summed E-state index contributed by atoms with van der Waals surface area (Å²) in [5.41, 5.74) is 0.834. The van der Waals surface area contributed by atoms with Crippen molar-refractivity contribution in [1.29, 1.82) is 0 Å². The molecule has 25 heavy (non-hydrogen) atoms. The van der Waals surface area contributed by atoms with E-state index in [2.05, 4.69) is 9.71 Å². The molecule has 0 fully saturated rings. The molecule has 0 saturated carbocycles. The zero-order chi connectivity index (χ0) is 17.9. The topological polar surface area (TPSA) is 85.4 Å². The van der Waals surface area contributed by atoms with Gasteiger partial charge in [0.25, 0.3) is 0 Å². The Morgan fingerprint density at radius 1 is 1.04 bits per heavy atom. The minimum atomic E-state index is -4.00. The van der Waals surface area contributed by atoms with Crippen molar-refractivity contribution >= 4 is 26.9 Å². The Bertz CT molecular complexity index is 999. The van der Waals surface area contributed by atoms with Crippen LogP contribution in [0.25, 0.3) is 10.9 Å². The summed E-state index contributed by atoms with van der Waals surface area (Å²) >= 11 is 0. The molecule has 0 aliphatic heterocycles. The molecule has 1 N–H and O–H groups in total. The fraction of sp³-hybridized carbons (Fsp3) is 0.111. The lowest BCUT2D eigenvalue weighted by molar-refractivity contribution is -0.142. The second kappa shape index (κ2) is 7.00. The van der Waals surface area contributed by atoms with Crippen molar-refractivity contribution in [2.45, 2.75) is 10.9 Å². The number of rotatable bonds is 5. The minimum Gasteiger partial charge on any atom is -0.468 e. The number of pyridine rings is 1. The van der Waals surface area contributed by atoms with Gasteiger partial charge < -0.3 is 4.74 Å². The van der Waals surface area contributed by atoms with Crippen molar-refractivity contribution < 1.29 is 17.9 Å². The molecule has 128 valence electrons. The number of hydrogen-bond acceptors (Lipinski definition) is 5. The first-order valence-corrected chi connectivity index (χ1v) is 9.00. The normalized spacial score (nSPS) is 12.7. The Morgan fingerprint density at radius 2 is 1.76 bits per heavy atom. The number of nitrogens with one attached hydrogen (secondary N) is 1. The number of para-hydroxylation sites is 1. The van der Waals surface area contributed by atoms with Crippen molar-refractivity contribution in [2.75, 3.05) is 7.11 Å². The lowest BCUT2D eigenvalue weighted by Crippen LogP contribution is -2.34. The van der Waals surface area contributed by atoms with Crippen LogP contribution in [-0.2, 0) is 19.6 Å².